The minimum absolute atomic E-state index is 0.102. The van der Waals surface area contributed by atoms with Gasteiger partial charge in [-0.15, -0.1) is 0 Å². The molecule has 5 rings (SSSR count). The van der Waals surface area contributed by atoms with Crippen LogP contribution in [0.5, 0.6) is 0 Å². The molecule has 0 radical (unpaired) electrons. The SMILES string of the molecule is Cc1nccc2nc(NC3CC3)c(N3CCC(C(F)(F)c4cc(Cl)ccc4F)CC3)nc12. The number of halogens is 4. The van der Waals surface area contributed by atoms with Gasteiger partial charge in [-0.1, -0.05) is 11.6 Å². The number of benzene rings is 1. The Balaban J connectivity index is 1.41. The summed E-state index contributed by atoms with van der Waals surface area (Å²) in [5.41, 5.74) is 1.60. The highest BCUT2D eigenvalue weighted by atomic mass is 35.5. The van der Waals surface area contributed by atoms with Crippen molar-refractivity contribution < 1.29 is 13.2 Å². The lowest BCUT2D eigenvalue weighted by atomic mass is 9.86. The van der Waals surface area contributed by atoms with Crippen molar-refractivity contribution in [2.75, 3.05) is 23.3 Å². The quantitative estimate of drug-likeness (QED) is 0.527. The number of rotatable bonds is 5. The number of pyridine rings is 1. The fraction of sp³-hybridized carbons (Fsp3) is 0.435. The van der Waals surface area contributed by atoms with E-state index in [-0.39, 0.29) is 17.9 Å². The highest BCUT2D eigenvalue weighted by Crippen LogP contribution is 2.44. The standard InChI is InChI=1S/C23H23ClF3N5/c1-13-20-19(6-9-28-13)30-21(29-16-3-4-16)22(31-20)32-10-7-14(8-11-32)23(26,27)17-12-15(24)2-5-18(17)25/h2,5-6,9,12,14,16H,3-4,7-8,10-11H2,1H3,(H,29,30). The monoisotopic (exact) mass is 461 g/mol. The van der Waals surface area contributed by atoms with Crippen LogP contribution in [-0.4, -0.2) is 34.1 Å². The maximum Gasteiger partial charge on any atom is 0.279 e. The average Bonchev–Trinajstić information content (AvgIpc) is 3.59. The Labute approximate surface area is 189 Å². The fourth-order valence-corrected chi connectivity index (χ4v) is 4.44. The van der Waals surface area contributed by atoms with Crippen molar-refractivity contribution in [1.82, 2.24) is 15.0 Å². The lowest BCUT2D eigenvalue weighted by molar-refractivity contribution is -0.0761. The Bertz CT molecular complexity index is 1160. The summed E-state index contributed by atoms with van der Waals surface area (Å²) >= 11 is 5.85. The van der Waals surface area contributed by atoms with Gasteiger partial charge in [0.2, 0.25) is 0 Å². The second kappa shape index (κ2) is 8.06. The molecule has 32 heavy (non-hydrogen) atoms. The normalized spacial score (nSPS) is 17.7. The summed E-state index contributed by atoms with van der Waals surface area (Å²) in [6.45, 7) is 2.63. The van der Waals surface area contributed by atoms with E-state index >= 15 is 8.78 Å². The zero-order valence-corrected chi connectivity index (χ0v) is 18.3. The van der Waals surface area contributed by atoms with Crippen LogP contribution < -0.4 is 10.2 Å². The first-order chi connectivity index (χ1) is 15.3. The molecule has 1 aliphatic carbocycles. The first-order valence-electron chi connectivity index (χ1n) is 10.8. The minimum Gasteiger partial charge on any atom is -0.364 e. The van der Waals surface area contributed by atoms with Crippen molar-refractivity contribution in [3.05, 3.63) is 52.6 Å². The molecule has 0 atom stereocenters. The number of nitrogens with one attached hydrogen (secondary N) is 1. The molecule has 1 saturated heterocycles. The molecular formula is C23H23ClF3N5. The van der Waals surface area contributed by atoms with Crippen LogP contribution in [0.1, 0.15) is 36.9 Å². The van der Waals surface area contributed by atoms with Gasteiger partial charge in [-0.3, -0.25) is 4.98 Å². The topological polar surface area (TPSA) is 53.9 Å². The summed E-state index contributed by atoms with van der Waals surface area (Å²) in [7, 11) is 0. The maximum absolute atomic E-state index is 15.2. The Morgan fingerprint density at radius 2 is 1.84 bits per heavy atom. The number of fused-ring (bicyclic) bond motifs is 1. The van der Waals surface area contributed by atoms with Crippen molar-refractivity contribution in [2.45, 2.75) is 44.6 Å². The number of nitrogens with zero attached hydrogens (tertiary/aromatic N) is 4. The van der Waals surface area contributed by atoms with Crippen LogP contribution >= 0.6 is 11.6 Å². The molecule has 0 spiro atoms. The van der Waals surface area contributed by atoms with Gasteiger partial charge in [0.25, 0.3) is 5.92 Å². The molecule has 1 aromatic carbocycles. The van der Waals surface area contributed by atoms with Crippen LogP contribution in [0.3, 0.4) is 0 Å². The van der Waals surface area contributed by atoms with E-state index in [1.165, 1.54) is 6.07 Å². The third-order valence-electron chi connectivity index (χ3n) is 6.26. The van der Waals surface area contributed by atoms with Crippen LogP contribution in [0.15, 0.2) is 30.5 Å². The molecule has 2 aromatic heterocycles. The summed E-state index contributed by atoms with van der Waals surface area (Å²) < 4.78 is 44.5. The summed E-state index contributed by atoms with van der Waals surface area (Å²) in [6, 6.07) is 5.51. The van der Waals surface area contributed by atoms with Crippen molar-refractivity contribution in [3.63, 3.8) is 0 Å². The fourth-order valence-electron chi connectivity index (χ4n) is 4.27. The summed E-state index contributed by atoms with van der Waals surface area (Å²) in [6.07, 6.45) is 4.26. The molecule has 1 N–H and O–H groups in total. The summed E-state index contributed by atoms with van der Waals surface area (Å²) in [4.78, 5) is 15.9. The van der Waals surface area contributed by atoms with Gasteiger partial charge in [0, 0.05) is 36.3 Å². The van der Waals surface area contributed by atoms with Gasteiger partial charge in [0.15, 0.2) is 11.6 Å². The predicted octanol–water partition coefficient (Wildman–Crippen LogP) is 5.71. The van der Waals surface area contributed by atoms with Gasteiger partial charge >= 0.3 is 0 Å². The van der Waals surface area contributed by atoms with Gasteiger partial charge in [-0.2, -0.15) is 0 Å². The summed E-state index contributed by atoms with van der Waals surface area (Å²) in [5, 5.41) is 3.53. The van der Waals surface area contributed by atoms with E-state index < -0.39 is 23.2 Å². The zero-order chi connectivity index (χ0) is 22.5. The molecule has 1 aliphatic heterocycles. The van der Waals surface area contributed by atoms with Gasteiger partial charge in [0.1, 0.15) is 11.3 Å². The Hall–Kier alpha value is -2.61. The molecule has 3 heterocycles. The number of anilines is 2. The molecule has 0 bridgehead atoms. The van der Waals surface area contributed by atoms with Gasteiger partial charge in [-0.05, 0) is 56.9 Å². The maximum atomic E-state index is 15.2. The molecule has 0 unspecified atom stereocenters. The van der Waals surface area contributed by atoms with Crippen LogP contribution in [-0.2, 0) is 5.92 Å². The van der Waals surface area contributed by atoms with Crippen molar-refractivity contribution in [1.29, 1.82) is 0 Å². The highest BCUT2D eigenvalue weighted by Gasteiger charge is 2.45. The molecule has 2 fully saturated rings. The van der Waals surface area contributed by atoms with E-state index in [9.17, 15) is 4.39 Å². The Kier molecular flexibility index (Phi) is 5.35. The van der Waals surface area contributed by atoms with E-state index in [4.69, 9.17) is 21.6 Å². The van der Waals surface area contributed by atoms with Crippen LogP contribution in [0.25, 0.3) is 11.0 Å². The van der Waals surface area contributed by atoms with E-state index in [0.717, 1.165) is 36.2 Å². The van der Waals surface area contributed by atoms with E-state index in [1.54, 1.807) is 6.20 Å². The molecule has 1 saturated carbocycles. The van der Waals surface area contributed by atoms with E-state index in [1.807, 2.05) is 17.9 Å². The van der Waals surface area contributed by atoms with Crippen molar-refractivity contribution in [2.24, 2.45) is 5.92 Å². The number of alkyl halides is 2. The highest BCUT2D eigenvalue weighted by molar-refractivity contribution is 6.30. The van der Waals surface area contributed by atoms with Crippen LogP contribution in [0.4, 0.5) is 24.8 Å². The Morgan fingerprint density at radius 3 is 2.56 bits per heavy atom. The molecule has 5 nitrogen and oxygen atoms in total. The lowest BCUT2D eigenvalue weighted by Crippen LogP contribution is -2.40. The number of hydrogen-bond acceptors (Lipinski definition) is 5. The van der Waals surface area contributed by atoms with Crippen LogP contribution in [0.2, 0.25) is 5.02 Å². The number of aromatic nitrogens is 3. The summed E-state index contributed by atoms with van der Waals surface area (Å²) in [5.74, 6) is -3.87. The number of hydrogen-bond donors (Lipinski definition) is 1. The lowest BCUT2D eigenvalue weighted by Gasteiger charge is -2.37. The second-order valence-corrected chi connectivity index (χ2v) is 9.02. The number of aryl methyl sites for hydroxylation is 1. The number of piperidine rings is 1. The molecule has 168 valence electrons. The van der Waals surface area contributed by atoms with Gasteiger partial charge < -0.3 is 10.2 Å². The predicted molar refractivity (Wildman–Crippen MR) is 119 cm³/mol. The minimum atomic E-state index is -3.30. The van der Waals surface area contributed by atoms with E-state index in [0.29, 0.717) is 36.3 Å². The second-order valence-electron chi connectivity index (χ2n) is 8.59. The Morgan fingerprint density at radius 1 is 1.09 bits per heavy atom. The molecule has 2 aliphatic rings. The third-order valence-corrected chi connectivity index (χ3v) is 6.50. The molecule has 3 aromatic rings. The van der Waals surface area contributed by atoms with Gasteiger partial charge in [-0.25, -0.2) is 23.1 Å². The zero-order valence-electron chi connectivity index (χ0n) is 17.6. The average molecular weight is 462 g/mol. The van der Waals surface area contributed by atoms with Crippen molar-refractivity contribution >= 4 is 34.3 Å². The smallest absolute Gasteiger partial charge is 0.279 e. The first-order valence-corrected chi connectivity index (χ1v) is 11.2. The third kappa shape index (κ3) is 3.96. The molecule has 0 amide bonds. The first kappa shape index (κ1) is 21.2. The van der Waals surface area contributed by atoms with Crippen molar-refractivity contribution in [3.8, 4) is 0 Å². The molecule has 9 heteroatoms. The molecular weight excluding hydrogens is 439 g/mol. The largest absolute Gasteiger partial charge is 0.364 e. The van der Waals surface area contributed by atoms with Crippen LogP contribution in [0, 0.1) is 18.7 Å². The van der Waals surface area contributed by atoms with E-state index in [2.05, 4.69) is 10.3 Å². The van der Waals surface area contributed by atoms with Gasteiger partial charge in [0.05, 0.1) is 16.8 Å².